The first-order chi connectivity index (χ1) is 7.03. The predicted octanol–water partition coefficient (Wildman–Crippen LogP) is 1.68. The van der Waals surface area contributed by atoms with Crippen molar-refractivity contribution < 1.29 is 4.79 Å². The Bertz CT molecular complexity index is 214. The van der Waals surface area contributed by atoms with Crippen molar-refractivity contribution in [1.82, 2.24) is 10.6 Å². The zero-order chi connectivity index (χ0) is 11.3. The van der Waals surface area contributed by atoms with Gasteiger partial charge in [-0.25, -0.2) is 0 Å². The molecule has 15 heavy (non-hydrogen) atoms. The van der Waals surface area contributed by atoms with Crippen LogP contribution in [0.25, 0.3) is 0 Å². The van der Waals surface area contributed by atoms with Crippen molar-refractivity contribution >= 4 is 5.91 Å². The number of nitrogens with one attached hydrogen (secondary N) is 2. The van der Waals surface area contributed by atoms with Crippen molar-refractivity contribution in [2.24, 2.45) is 5.41 Å². The highest BCUT2D eigenvalue weighted by Crippen LogP contribution is 2.36. The number of hydrogen-bond acceptors (Lipinski definition) is 2. The first kappa shape index (κ1) is 12.5. The van der Waals surface area contributed by atoms with Crippen LogP contribution < -0.4 is 10.6 Å². The van der Waals surface area contributed by atoms with Crippen molar-refractivity contribution in [3.63, 3.8) is 0 Å². The Kier molecular flexibility index (Phi) is 4.58. The minimum absolute atomic E-state index is 0.216. The lowest BCUT2D eigenvalue weighted by atomic mass is 9.92. The first-order valence-electron chi connectivity index (χ1n) is 5.97. The molecule has 88 valence electrons. The molecule has 1 aliphatic carbocycles. The van der Waals surface area contributed by atoms with Crippen LogP contribution in [0, 0.1) is 5.41 Å². The van der Waals surface area contributed by atoms with Gasteiger partial charge in [0.1, 0.15) is 0 Å². The lowest BCUT2D eigenvalue weighted by Crippen LogP contribution is -2.33. The highest BCUT2D eigenvalue weighted by atomic mass is 16.1. The molecule has 3 nitrogen and oxygen atoms in total. The standard InChI is InChI=1S/C12H24N2O/c1-12(2)7-6-10(9-12)14-11(15)5-4-8-13-3/h10,13H,4-9H2,1-3H3,(H,14,15). The molecule has 2 N–H and O–H groups in total. The summed E-state index contributed by atoms with van der Waals surface area (Å²) < 4.78 is 0. The van der Waals surface area contributed by atoms with E-state index >= 15 is 0 Å². The molecule has 0 bridgehead atoms. The summed E-state index contributed by atoms with van der Waals surface area (Å²) in [5.41, 5.74) is 0.420. The van der Waals surface area contributed by atoms with Crippen LogP contribution in [0.5, 0.6) is 0 Å². The molecule has 0 saturated heterocycles. The Morgan fingerprint density at radius 2 is 2.20 bits per heavy atom. The van der Waals surface area contributed by atoms with Gasteiger partial charge in [0, 0.05) is 12.5 Å². The van der Waals surface area contributed by atoms with Crippen LogP contribution in [0.4, 0.5) is 0 Å². The summed E-state index contributed by atoms with van der Waals surface area (Å²) in [6.45, 7) is 5.48. The molecule has 1 amide bonds. The summed E-state index contributed by atoms with van der Waals surface area (Å²) in [6.07, 6.45) is 5.08. The molecule has 0 aromatic carbocycles. The zero-order valence-electron chi connectivity index (χ0n) is 10.2. The van der Waals surface area contributed by atoms with Crippen molar-refractivity contribution in [2.45, 2.75) is 52.0 Å². The van der Waals surface area contributed by atoms with Gasteiger partial charge in [-0.3, -0.25) is 4.79 Å². The smallest absolute Gasteiger partial charge is 0.220 e. The summed E-state index contributed by atoms with van der Waals surface area (Å²) in [7, 11) is 1.91. The van der Waals surface area contributed by atoms with E-state index in [1.807, 2.05) is 7.05 Å². The fraction of sp³-hybridized carbons (Fsp3) is 0.917. The molecule has 0 aliphatic heterocycles. The van der Waals surface area contributed by atoms with E-state index in [1.165, 1.54) is 6.42 Å². The highest BCUT2D eigenvalue weighted by molar-refractivity contribution is 5.76. The van der Waals surface area contributed by atoms with Gasteiger partial charge < -0.3 is 10.6 Å². The number of carbonyl (C=O) groups is 1. The van der Waals surface area contributed by atoms with Gasteiger partial charge in [0.25, 0.3) is 0 Å². The Labute approximate surface area is 93.0 Å². The Morgan fingerprint density at radius 1 is 1.47 bits per heavy atom. The van der Waals surface area contributed by atoms with Gasteiger partial charge in [-0.15, -0.1) is 0 Å². The monoisotopic (exact) mass is 212 g/mol. The van der Waals surface area contributed by atoms with E-state index in [-0.39, 0.29) is 5.91 Å². The van der Waals surface area contributed by atoms with Crippen molar-refractivity contribution in [3.05, 3.63) is 0 Å². The lowest BCUT2D eigenvalue weighted by molar-refractivity contribution is -0.121. The third kappa shape index (κ3) is 4.65. The SMILES string of the molecule is CNCCCC(=O)NC1CCC(C)(C)C1. The maximum Gasteiger partial charge on any atom is 0.220 e. The van der Waals surface area contributed by atoms with Crippen LogP contribution in [-0.2, 0) is 4.79 Å². The van der Waals surface area contributed by atoms with Crippen molar-refractivity contribution in [2.75, 3.05) is 13.6 Å². The average molecular weight is 212 g/mol. The molecule has 1 fully saturated rings. The van der Waals surface area contributed by atoms with E-state index in [2.05, 4.69) is 24.5 Å². The quantitative estimate of drug-likeness (QED) is 0.681. The summed E-state index contributed by atoms with van der Waals surface area (Å²) in [6, 6.07) is 0.419. The predicted molar refractivity (Wildman–Crippen MR) is 62.7 cm³/mol. The maximum atomic E-state index is 11.5. The molecule has 1 atom stereocenters. The molecule has 0 spiro atoms. The molecule has 1 aliphatic rings. The zero-order valence-corrected chi connectivity index (χ0v) is 10.2. The van der Waals surface area contributed by atoms with Crippen LogP contribution >= 0.6 is 0 Å². The normalized spacial score (nSPS) is 24.1. The molecular formula is C12H24N2O. The molecule has 1 saturated carbocycles. The maximum absolute atomic E-state index is 11.5. The third-order valence-electron chi connectivity index (χ3n) is 3.16. The van der Waals surface area contributed by atoms with Crippen LogP contribution in [0.3, 0.4) is 0 Å². The van der Waals surface area contributed by atoms with Gasteiger partial charge in [-0.05, 0) is 44.7 Å². The largest absolute Gasteiger partial charge is 0.353 e. The number of hydrogen-bond donors (Lipinski definition) is 2. The average Bonchev–Trinajstić information content (AvgIpc) is 2.46. The molecule has 0 aromatic heterocycles. The van der Waals surface area contributed by atoms with E-state index in [1.54, 1.807) is 0 Å². The number of rotatable bonds is 5. The molecule has 0 radical (unpaired) electrons. The van der Waals surface area contributed by atoms with Crippen molar-refractivity contribution in [1.29, 1.82) is 0 Å². The van der Waals surface area contributed by atoms with Gasteiger partial charge in [0.2, 0.25) is 5.91 Å². The van der Waals surface area contributed by atoms with E-state index in [4.69, 9.17) is 0 Å². The topological polar surface area (TPSA) is 41.1 Å². The Morgan fingerprint density at radius 3 is 2.73 bits per heavy atom. The molecule has 0 aromatic rings. The number of carbonyl (C=O) groups excluding carboxylic acids is 1. The van der Waals surface area contributed by atoms with Gasteiger partial charge in [-0.1, -0.05) is 13.8 Å². The van der Waals surface area contributed by atoms with E-state index in [0.717, 1.165) is 25.8 Å². The van der Waals surface area contributed by atoms with E-state index < -0.39 is 0 Å². The third-order valence-corrected chi connectivity index (χ3v) is 3.16. The Balaban J connectivity index is 2.16. The van der Waals surface area contributed by atoms with E-state index in [0.29, 0.717) is 17.9 Å². The van der Waals surface area contributed by atoms with Gasteiger partial charge in [-0.2, -0.15) is 0 Å². The molecule has 1 unspecified atom stereocenters. The van der Waals surface area contributed by atoms with Gasteiger partial charge in [0.05, 0.1) is 0 Å². The second-order valence-corrected chi connectivity index (χ2v) is 5.38. The molecule has 1 rings (SSSR count). The molecule has 3 heteroatoms. The molecular weight excluding hydrogens is 188 g/mol. The minimum atomic E-state index is 0.216. The summed E-state index contributed by atoms with van der Waals surface area (Å²) in [4.78, 5) is 11.5. The van der Waals surface area contributed by atoms with Gasteiger partial charge >= 0.3 is 0 Å². The first-order valence-corrected chi connectivity index (χ1v) is 5.97. The fourth-order valence-electron chi connectivity index (χ4n) is 2.28. The van der Waals surface area contributed by atoms with Crippen LogP contribution in [0.2, 0.25) is 0 Å². The van der Waals surface area contributed by atoms with Gasteiger partial charge in [0.15, 0.2) is 0 Å². The van der Waals surface area contributed by atoms with Crippen molar-refractivity contribution in [3.8, 4) is 0 Å². The van der Waals surface area contributed by atoms with E-state index in [9.17, 15) is 4.79 Å². The minimum Gasteiger partial charge on any atom is -0.353 e. The second kappa shape index (κ2) is 5.50. The second-order valence-electron chi connectivity index (χ2n) is 5.38. The lowest BCUT2D eigenvalue weighted by Gasteiger charge is -2.17. The summed E-state index contributed by atoms with van der Waals surface area (Å²) in [5.74, 6) is 0.216. The summed E-state index contributed by atoms with van der Waals surface area (Å²) in [5, 5.41) is 6.18. The Hall–Kier alpha value is -0.570. The van der Waals surface area contributed by atoms with Crippen LogP contribution in [0.1, 0.15) is 46.0 Å². The highest BCUT2D eigenvalue weighted by Gasteiger charge is 2.31. The van der Waals surface area contributed by atoms with Crippen LogP contribution in [0.15, 0.2) is 0 Å². The fourth-order valence-corrected chi connectivity index (χ4v) is 2.28. The summed E-state index contributed by atoms with van der Waals surface area (Å²) >= 11 is 0. The van der Waals surface area contributed by atoms with Crippen LogP contribution in [-0.4, -0.2) is 25.5 Å². The molecule has 0 heterocycles. The number of amides is 1.